The molecule has 0 heterocycles. The van der Waals surface area contributed by atoms with E-state index in [9.17, 15) is 4.79 Å². The van der Waals surface area contributed by atoms with Gasteiger partial charge >= 0.3 is 5.97 Å². The molecule has 0 saturated carbocycles. The monoisotopic (exact) mass is 221 g/mol. The van der Waals surface area contributed by atoms with Gasteiger partial charge in [-0.05, 0) is 31.8 Å². The number of carboxylic acid groups (broad SMARTS) is 1. The molecule has 0 aliphatic heterocycles. The molecule has 1 aromatic rings. The number of hydrogen-bond donors (Lipinski definition) is 1. The fraction of sp³-hybridized carbons (Fsp3) is 0.462. The van der Waals surface area contributed by atoms with E-state index in [-0.39, 0.29) is 5.41 Å². The highest BCUT2D eigenvalue weighted by atomic mass is 16.4. The maximum absolute atomic E-state index is 10.9. The second-order valence-electron chi connectivity index (χ2n) is 5.01. The molecular weight excluding hydrogens is 202 g/mol. The van der Waals surface area contributed by atoms with Crippen LogP contribution in [0.15, 0.2) is 24.3 Å². The maximum atomic E-state index is 10.9. The highest BCUT2D eigenvalue weighted by Crippen LogP contribution is 2.24. The van der Waals surface area contributed by atoms with Crippen molar-refractivity contribution >= 4 is 5.97 Å². The Hall–Kier alpha value is -1.35. The van der Waals surface area contributed by atoms with E-state index in [1.54, 1.807) is 18.2 Å². The van der Waals surface area contributed by atoms with Crippen molar-refractivity contribution in [1.29, 1.82) is 0 Å². The highest BCUT2D eigenvalue weighted by Gasteiger charge is 2.22. The Morgan fingerprint density at radius 1 is 1.38 bits per heavy atom. The Bertz CT molecular complexity index is 383. The summed E-state index contributed by atoms with van der Waals surface area (Å²) in [6.45, 7) is 5.12. The summed E-state index contributed by atoms with van der Waals surface area (Å²) in [5.41, 5.74) is 1.36. The molecule has 0 amide bonds. The molecule has 0 radical (unpaired) electrons. The first-order chi connectivity index (χ1) is 7.33. The molecular formula is C13H19NO2. The minimum atomic E-state index is -0.873. The standard InChI is InChI=1S/C13H19NO2/c1-13(2,9-14(3)4)11-7-5-6-10(8-11)12(15)16/h5-8H,9H2,1-4H3,(H,15,16). The Kier molecular flexibility index (Phi) is 3.70. The minimum Gasteiger partial charge on any atom is -0.478 e. The average molecular weight is 221 g/mol. The van der Waals surface area contributed by atoms with Crippen molar-refractivity contribution in [2.24, 2.45) is 0 Å². The summed E-state index contributed by atoms with van der Waals surface area (Å²) in [4.78, 5) is 13.0. The van der Waals surface area contributed by atoms with E-state index in [1.165, 1.54) is 0 Å². The van der Waals surface area contributed by atoms with Crippen LogP contribution in [-0.2, 0) is 5.41 Å². The maximum Gasteiger partial charge on any atom is 0.335 e. The molecule has 0 atom stereocenters. The Morgan fingerprint density at radius 2 is 2.00 bits per heavy atom. The molecule has 16 heavy (non-hydrogen) atoms. The third-order valence-electron chi connectivity index (χ3n) is 2.60. The lowest BCUT2D eigenvalue weighted by molar-refractivity contribution is 0.0696. The number of rotatable bonds is 4. The third-order valence-corrected chi connectivity index (χ3v) is 2.60. The molecule has 0 spiro atoms. The van der Waals surface area contributed by atoms with Crippen LogP contribution in [0.25, 0.3) is 0 Å². The van der Waals surface area contributed by atoms with Crippen molar-refractivity contribution in [1.82, 2.24) is 4.90 Å². The Labute approximate surface area is 96.7 Å². The number of benzene rings is 1. The summed E-state index contributed by atoms with van der Waals surface area (Å²) >= 11 is 0. The van der Waals surface area contributed by atoms with E-state index < -0.39 is 5.97 Å². The van der Waals surface area contributed by atoms with Gasteiger partial charge in [0.25, 0.3) is 0 Å². The summed E-state index contributed by atoms with van der Waals surface area (Å²) in [7, 11) is 4.03. The van der Waals surface area contributed by atoms with Crippen LogP contribution >= 0.6 is 0 Å². The third kappa shape index (κ3) is 3.07. The minimum absolute atomic E-state index is 0.0467. The number of hydrogen-bond acceptors (Lipinski definition) is 2. The van der Waals surface area contributed by atoms with Crippen LogP contribution in [-0.4, -0.2) is 36.6 Å². The van der Waals surface area contributed by atoms with Gasteiger partial charge in [0.2, 0.25) is 0 Å². The molecule has 1 N–H and O–H groups in total. The van der Waals surface area contributed by atoms with E-state index >= 15 is 0 Å². The molecule has 0 unspecified atom stereocenters. The molecule has 0 aliphatic rings. The van der Waals surface area contributed by atoms with Crippen molar-refractivity contribution < 1.29 is 9.90 Å². The number of nitrogens with zero attached hydrogens (tertiary/aromatic N) is 1. The van der Waals surface area contributed by atoms with Crippen LogP contribution in [0.3, 0.4) is 0 Å². The van der Waals surface area contributed by atoms with E-state index in [2.05, 4.69) is 18.7 Å². The van der Waals surface area contributed by atoms with E-state index in [1.807, 2.05) is 20.2 Å². The Morgan fingerprint density at radius 3 is 2.50 bits per heavy atom. The van der Waals surface area contributed by atoms with Gasteiger partial charge in [-0.2, -0.15) is 0 Å². The van der Waals surface area contributed by atoms with Gasteiger partial charge in [-0.3, -0.25) is 0 Å². The largest absolute Gasteiger partial charge is 0.478 e. The molecule has 0 fully saturated rings. The van der Waals surface area contributed by atoms with Crippen LogP contribution in [0.4, 0.5) is 0 Å². The predicted molar refractivity (Wildman–Crippen MR) is 65.0 cm³/mol. The zero-order valence-electron chi connectivity index (χ0n) is 10.3. The summed E-state index contributed by atoms with van der Waals surface area (Å²) in [6, 6.07) is 7.16. The molecule has 1 aromatic carbocycles. The van der Waals surface area contributed by atoms with Gasteiger partial charge < -0.3 is 10.0 Å². The van der Waals surface area contributed by atoms with Crippen LogP contribution < -0.4 is 0 Å². The lowest BCUT2D eigenvalue weighted by atomic mass is 9.83. The number of aromatic carboxylic acids is 1. The highest BCUT2D eigenvalue weighted by molar-refractivity contribution is 5.87. The SMILES string of the molecule is CN(C)CC(C)(C)c1cccc(C(=O)O)c1. The fourth-order valence-corrected chi connectivity index (χ4v) is 1.96. The van der Waals surface area contributed by atoms with Crippen LogP contribution in [0.1, 0.15) is 29.8 Å². The van der Waals surface area contributed by atoms with Gasteiger partial charge in [0.05, 0.1) is 5.56 Å². The van der Waals surface area contributed by atoms with Crippen molar-refractivity contribution in [2.75, 3.05) is 20.6 Å². The van der Waals surface area contributed by atoms with Crippen molar-refractivity contribution in [3.63, 3.8) is 0 Å². The lowest BCUT2D eigenvalue weighted by Gasteiger charge is -2.29. The quantitative estimate of drug-likeness (QED) is 0.847. The normalized spacial score (nSPS) is 11.8. The van der Waals surface area contributed by atoms with Gasteiger partial charge in [-0.25, -0.2) is 4.79 Å². The summed E-state index contributed by atoms with van der Waals surface area (Å²) < 4.78 is 0. The molecule has 0 bridgehead atoms. The molecule has 0 aromatic heterocycles. The second-order valence-corrected chi connectivity index (χ2v) is 5.01. The Balaban J connectivity index is 3.03. The number of carboxylic acids is 1. The molecule has 0 saturated heterocycles. The molecule has 88 valence electrons. The topological polar surface area (TPSA) is 40.5 Å². The first-order valence-electron chi connectivity index (χ1n) is 5.31. The first-order valence-corrected chi connectivity index (χ1v) is 5.31. The van der Waals surface area contributed by atoms with Gasteiger partial charge in [0.1, 0.15) is 0 Å². The zero-order chi connectivity index (χ0) is 12.3. The van der Waals surface area contributed by atoms with Crippen LogP contribution in [0.2, 0.25) is 0 Å². The first kappa shape index (κ1) is 12.7. The van der Waals surface area contributed by atoms with Gasteiger partial charge in [0.15, 0.2) is 0 Å². The van der Waals surface area contributed by atoms with Crippen LogP contribution in [0.5, 0.6) is 0 Å². The molecule has 0 aliphatic carbocycles. The predicted octanol–water partition coefficient (Wildman–Crippen LogP) is 2.22. The summed E-state index contributed by atoms with van der Waals surface area (Å²) in [5, 5.41) is 8.95. The molecule has 3 nitrogen and oxygen atoms in total. The summed E-state index contributed by atoms with van der Waals surface area (Å²) in [6.07, 6.45) is 0. The number of likely N-dealkylation sites (N-methyl/N-ethyl adjacent to an activating group) is 1. The molecule has 3 heteroatoms. The van der Waals surface area contributed by atoms with Crippen molar-refractivity contribution in [2.45, 2.75) is 19.3 Å². The zero-order valence-corrected chi connectivity index (χ0v) is 10.3. The van der Waals surface area contributed by atoms with Crippen molar-refractivity contribution in [3.05, 3.63) is 35.4 Å². The average Bonchev–Trinajstić information content (AvgIpc) is 2.16. The van der Waals surface area contributed by atoms with Gasteiger partial charge in [-0.15, -0.1) is 0 Å². The lowest BCUT2D eigenvalue weighted by Crippen LogP contribution is -2.32. The van der Waals surface area contributed by atoms with Crippen LogP contribution in [0, 0.1) is 0 Å². The smallest absolute Gasteiger partial charge is 0.335 e. The van der Waals surface area contributed by atoms with E-state index in [0.717, 1.165) is 12.1 Å². The fourth-order valence-electron chi connectivity index (χ4n) is 1.96. The van der Waals surface area contributed by atoms with Crippen molar-refractivity contribution in [3.8, 4) is 0 Å². The molecule has 1 rings (SSSR count). The van der Waals surface area contributed by atoms with E-state index in [0.29, 0.717) is 5.56 Å². The van der Waals surface area contributed by atoms with Gasteiger partial charge in [-0.1, -0.05) is 26.0 Å². The van der Waals surface area contributed by atoms with Gasteiger partial charge in [0, 0.05) is 12.0 Å². The second kappa shape index (κ2) is 4.66. The van der Waals surface area contributed by atoms with E-state index in [4.69, 9.17) is 5.11 Å². The number of carbonyl (C=O) groups is 1. The summed E-state index contributed by atoms with van der Waals surface area (Å²) in [5.74, 6) is -0.873.